The fourth-order valence-electron chi connectivity index (χ4n) is 4.52. The number of rotatable bonds is 13. The van der Waals surface area contributed by atoms with Gasteiger partial charge in [0.25, 0.3) is 0 Å². The number of pyridine rings is 1. The van der Waals surface area contributed by atoms with E-state index in [1.807, 2.05) is 37.7 Å². The quantitative estimate of drug-likeness (QED) is 0.145. The van der Waals surface area contributed by atoms with Gasteiger partial charge in [0.2, 0.25) is 0 Å². The molecule has 0 bridgehead atoms. The lowest BCUT2D eigenvalue weighted by molar-refractivity contribution is 0.187. The largest absolute Gasteiger partial charge is 0.495 e. The summed E-state index contributed by atoms with van der Waals surface area (Å²) in [6.07, 6.45) is 11.2. The maximum Gasteiger partial charge on any atom is 0.143 e. The van der Waals surface area contributed by atoms with Crippen molar-refractivity contribution in [2.24, 2.45) is 4.99 Å². The van der Waals surface area contributed by atoms with Gasteiger partial charge in [-0.1, -0.05) is 44.5 Å². The highest BCUT2D eigenvalue weighted by atomic mass is 16.5. The average Bonchev–Trinajstić information content (AvgIpc) is 3.33. The first-order valence-electron chi connectivity index (χ1n) is 13.6. The molecule has 0 aliphatic carbocycles. The first-order chi connectivity index (χ1) is 19.1. The molecule has 0 fully saturated rings. The lowest BCUT2D eigenvalue weighted by Crippen LogP contribution is -2.07. The van der Waals surface area contributed by atoms with Crippen molar-refractivity contribution in [1.82, 2.24) is 14.5 Å². The van der Waals surface area contributed by atoms with Crippen molar-refractivity contribution < 1.29 is 9.47 Å². The molecule has 0 saturated heterocycles. The predicted molar refractivity (Wildman–Crippen MR) is 162 cm³/mol. The van der Waals surface area contributed by atoms with Crippen LogP contribution in [0.3, 0.4) is 0 Å². The minimum atomic E-state index is 0.623. The Balaban J connectivity index is 1.60. The summed E-state index contributed by atoms with van der Waals surface area (Å²) in [7, 11) is 3.39. The first kappa shape index (κ1) is 28.0. The Labute approximate surface area is 231 Å². The summed E-state index contributed by atoms with van der Waals surface area (Å²) in [6.45, 7) is 8.56. The van der Waals surface area contributed by atoms with Crippen LogP contribution < -0.4 is 10.1 Å². The van der Waals surface area contributed by atoms with Gasteiger partial charge in [0.05, 0.1) is 31.3 Å². The number of allylic oxidation sites excluding steroid dienone is 2. The number of aliphatic imine (C=N–C) groups is 1. The average molecular weight is 526 g/mol. The van der Waals surface area contributed by atoms with Crippen LogP contribution in [0.5, 0.6) is 5.75 Å². The molecule has 39 heavy (non-hydrogen) atoms. The van der Waals surface area contributed by atoms with Crippen molar-refractivity contribution in [2.45, 2.75) is 46.6 Å². The molecule has 0 aliphatic rings. The van der Waals surface area contributed by atoms with Crippen LogP contribution >= 0.6 is 0 Å². The minimum absolute atomic E-state index is 0.623. The molecular weight excluding hydrogens is 486 g/mol. The number of benzene rings is 2. The third-order valence-corrected chi connectivity index (χ3v) is 6.68. The summed E-state index contributed by atoms with van der Waals surface area (Å²) >= 11 is 0. The number of anilines is 2. The monoisotopic (exact) mass is 525 g/mol. The van der Waals surface area contributed by atoms with Gasteiger partial charge in [-0.05, 0) is 60.6 Å². The standard InChI is InChI=1S/C32H39N5O2/c1-6-8-14-33-20-26(9-7-2)24-10-11-27-21-35-32(19-28(27)17-24)36-29-13-12-25(18-31(29)39-5)30-22-34-23(3)37(30)15-16-38-4/h9-13,17-22H,6-8,14-16H2,1-5H3,(H,35,36)/b26-9+,33-20?. The summed E-state index contributed by atoms with van der Waals surface area (Å²) in [5.74, 6) is 2.44. The fraction of sp³-hybridized carbons (Fsp3) is 0.344. The molecular formula is C32H39N5O2. The van der Waals surface area contributed by atoms with E-state index in [-0.39, 0.29) is 0 Å². The van der Waals surface area contributed by atoms with Crippen molar-refractivity contribution in [3.63, 3.8) is 0 Å². The van der Waals surface area contributed by atoms with Crippen LogP contribution in [0.25, 0.3) is 27.6 Å². The predicted octanol–water partition coefficient (Wildman–Crippen LogP) is 7.47. The van der Waals surface area contributed by atoms with Crippen LogP contribution in [0.15, 0.2) is 65.9 Å². The van der Waals surface area contributed by atoms with Crippen LogP contribution in [0.2, 0.25) is 0 Å². The molecule has 7 nitrogen and oxygen atoms in total. The number of aromatic nitrogens is 3. The van der Waals surface area contributed by atoms with E-state index in [0.717, 1.165) is 88.6 Å². The topological polar surface area (TPSA) is 73.6 Å². The molecule has 0 atom stereocenters. The van der Waals surface area contributed by atoms with Crippen LogP contribution in [-0.2, 0) is 11.3 Å². The molecule has 2 aromatic carbocycles. The summed E-state index contributed by atoms with van der Waals surface area (Å²) in [6, 6.07) is 14.7. The molecule has 0 aliphatic heterocycles. The molecule has 4 aromatic rings. The molecule has 204 valence electrons. The number of fused-ring (bicyclic) bond motifs is 1. The third-order valence-electron chi connectivity index (χ3n) is 6.68. The maximum atomic E-state index is 5.76. The highest BCUT2D eigenvalue weighted by Crippen LogP contribution is 2.33. The van der Waals surface area contributed by atoms with Crippen molar-refractivity contribution in [2.75, 3.05) is 32.7 Å². The van der Waals surface area contributed by atoms with Gasteiger partial charge in [-0.3, -0.25) is 4.99 Å². The van der Waals surface area contributed by atoms with Crippen LogP contribution in [-0.4, -0.2) is 48.1 Å². The molecule has 0 radical (unpaired) electrons. The van der Waals surface area contributed by atoms with Gasteiger partial charge in [-0.25, -0.2) is 9.97 Å². The van der Waals surface area contributed by atoms with Gasteiger partial charge >= 0.3 is 0 Å². The van der Waals surface area contributed by atoms with E-state index in [9.17, 15) is 0 Å². The molecule has 2 heterocycles. The second-order valence-electron chi connectivity index (χ2n) is 9.46. The summed E-state index contributed by atoms with van der Waals surface area (Å²) in [4.78, 5) is 13.8. The Hall–Kier alpha value is -3.97. The second-order valence-corrected chi connectivity index (χ2v) is 9.46. The van der Waals surface area contributed by atoms with E-state index in [1.165, 1.54) is 0 Å². The van der Waals surface area contributed by atoms with Crippen molar-refractivity contribution >= 4 is 34.1 Å². The number of methoxy groups -OCH3 is 2. The Morgan fingerprint density at radius 3 is 2.67 bits per heavy atom. The molecule has 0 saturated carbocycles. The Bertz CT molecular complexity index is 1450. The lowest BCUT2D eigenvalue weighted by atomic mass is 10.0. The van der Waals surface area contributed by atoms with E-state index in [1.54, 1.807) is 14.2 Å². The Morgan fingerprint density at radius 2 is 1.90 bits per heavy atom. The Morgan fingerprint density at radius 1 is 1.03 bits per heavy atom. The van der Waals surface area contributed by atoms with E-state index >= 15 is 0 Å². The van der Waals surface area contributed by atoms with Gasteiger partial charge in [0, 0.05) is 43.6 Å². The number of hydrogen-bond acceptors (Lipinski definition) is 6. The van der Waals surface area contributed by atoms with Crippen LogP contribution in [0.4, 0.5) is 11.5 Å². The lowest BCUT2D eigenvalue weighted by Gasteiger charge is -2.14. The normalized spacial score (nSPS) is 12.0. The number of nitrogens with zero attached hydrogens (tertiary/aromatic N) is 4. The number of ether oxygens (including phenoxy) is 2. The highest BCUT2D eigenvalue weighted by molar-refractivity contribution is 6.10. The third kappa shape index (κ3) is 6.92. The molecule has 2 aromatic heterocycles. The number of aryl methyl sites for hydroxylation is 1. The van der Waals surface area contributed by atoms with E-state index in [2.05, 4.69) is 75.1 Å². The fourth-order valence-corrected chi connectivity index (χ4v) is 4.52. The molecule has 7 heteroatoms. The van der Waals surface area contributed by atoms with Crippen molar-refractivity contribution in [3.8, 4) is 17.0 Å². The van der Waals surface area contributed by atoms with E-state index in [4.69, 9.17) is 9.47 Å². The summed E-state index contributed by atoms with van der Waals surface area (Å²) < 4.78 is 13.2. The van der Waals surface area contributed by atoms with Crippen LogP contribution in [0.1, 0.15) is 44.5 Å². The zero-order chi connectivity index (χ0) is 27.6. The van der Waals surface area contributed by atoms with Crippen molar-refractivity contribution in [1.29, 1.82) is 0 Å². The molecule has 0 amide bonds. The van der Waals surface area contributed by atoms with Gasteiger partial charge < -0.3 is 19.4 Å². The van der Waals surface area contributed by atoms with Crippen LogP contribution in [0, 0.1) is 6.92 Å². The minimum Gasteiger partial charge on any atom is -0.495 e. The highest BCUT2D eigenvalue weighted by Gasteiger charge is 2.13. The Kier molecular flexibility index (Phi) is 9.86. The molecule has 1 N–H and O–H groups in total. The summed E-state index contributed by atoms with van der Waals surface area (Å²) in [5.41, 5.74) is 5.21. The second kappa shape index (κ2) is 13.7. The SMILES string of the molecule is CC/C=C(\C=NCCCC)c1ccc2cnc(Nc3ccc(-c4cnc(C)n4CCOC)cc3OC)cc2c1. The number of imidazole rings is 1. The number of unbranched alkanes of at least 4 members (excludes halogenated alkanes) is 1. The van der Waals surface area contributed by atoms with Gasteiger partial charge in [-0.15, -0.1) is 0 Å². The van der Waals surface area contributed by atoms with Gasteiger partial charge in [0.15, 0.2) is 0 Å². The van der Waals surface area contributed by atoms with Crippen molar-refractivity contribution in [3.05, 3.63) is 72.3 Å². The van der Waals surface area contributed by atoms with Gasteiger partial charge in [-0.2, -0.15) is 0 Å². The maximum absolute atomic E-state index is 5.76. The van der Waals surface area contributed by atoms with E-state index < -0.39 is 0 Å². The smallest absolute Gasteiger partial charge is 0.143 e. The van der Waals surface area contributed by atoms with Gasteiger partial charge in [0.1, 0.15) is 17.4 Å². The molecule has 0 unspecified atom stereocenters. The first-order valence-corrected chi connectivity index (χ1v) is 13.6. The number of hydrogen-bond donors (Lipinski definition) is 1. The molecule has 4 rings (SSSR count). The summed E-state index contributed by atoms with van der Waals surface area (Å²) in [5, 5.41) is 5.65. The zero-order valence-electron chi connectivity index (χ0n) is 23.7. The number of nitrogens with one attached hydrogen (secondary N) is 1. The zero-order valence-corrected chi connectivity index (χ0v) is 23.7. The molecule has 0 spiro atoms. The van der Waals surface area contributed by atoms with E-state index in [0.29, 0.717) is 6.61 Å².